The number of carbonyl (C=O) groups excluding carboxylic acids is 1. The van der Waals surface area contributed by atoms with Crippen LogP contribution in [0.1, 0.15) is 18.4 Å². The van der Waals surface area contributed by atoms with E-state index in [4.69, 9.17) is 9.47 Å². The number of carbonyl (C=O) groups is 1. The third-order valence-corrected chi connectivity index (χ3v) is 3.49. The smallest absolute Gasteiger partial charge is 0.321 e. The zero-order valence-electron chi connectivity index (χ0n) is 12.3. The maximum absolute atomic E-state index is 12.1. The molecule has 1 aromatic carbocycles. The van der Waals surface area contributed by atoms with Gasteiger partial charge in [-0.25, -0.2) is 4.79 Å². The molecule has 0 aliphatic carbocycles. The largest absolute Gasteiger partial charge is 0.496 e. The molecular weight excluding hydrogens is 256 g/mol. The van der Waals surface area contributed by atoms with Crippen LogP contribution in [-0.2, 0) is 4.74 Å². The summed E-state index contributed by atoms with van der Waals surface area (Å²) in [6, 6.07) is 5.47. The second kappa shape index (κ2) is 6.61. The van der Waals surface area contributed by atoms with Crippen LogP contribution < -0.4 is 10.1 Å². The van der Waals surface area contributed by atoms with Gasteiger partial charge in [-0.15, -0.1) is 0 Å². The molecule has 0 unspecified atom stereocenters. The normalized spacial score (nSPS) is 17.9. The van der Waals surface area contributed by atoms with E-state index in [1.165, 1.54) is 0 Å². The molecule has 0 spiro atoms. The van der Waals surface area contributed by atoms with Gasteiger partial charge < -0.3 is 19.7 Å². The SMILES string of the molecule is COc1ccc(NC(=O)N(C)C[C@@H]2CCCO2)cc1C. The van der Waals surface area contributed by atoms with Crippen molar-refractivity contribution in [1.29, 1.82) is 0 Å². The van der Waals surface area contributed by atoms with Gasteiger partial charge in [-0.05, 0) is 43.5 Å². The Morgan fingerprint density at radius 2 is 2.35 bits per heavy atom. The van der Waals surface area contributed by atoms with Crippen LogP contribution in [-0.4, -0.2) is 44.3 Å². The maximum atomic E-state index is 12.1. The third-order valence-electron chi connectivity index (χ3n) is 3.49. The van der Waals surface area contributed by atoms with E-state index in [9.17, 15) is 4.79 Å². The first-order valence-corrected chi connectivity index (χ1v) is 6.88. The molecule has 0 aromatic heterocycles. The molecule has 1 aliphatic rings. The molecule has 0 radical (unpaired) electrons. The molecule has 1 heterocycles. The van der Waals surface area contributed by atoms with Crippen LogP contribution in [0.15, 0.2) is 18.2 Å². The Labute approximate surface area is 119 Å². The summed E-state index contributed by atoms with van der Waals surface area (Å²) in [6.45, 7) is 3.38. The van der Waals surface area contributed by atoms with Crippen molar-refractivity contribution in [3.8, 4) is 5.75 Å². The van der Waals surface area contributed by atoms with Crippen molar-refractivity contribution in [2.24, 2.45) is 0 Å². The summed E-state index contributed by atoms with van der Waals surface area (Å²) < 4.78 is 10.7. The number of likely N-dealkylation sites (N-methyl/N-ethyl adjacent to an activating group) is 1. The van der Waals surface area contributed by atoms with Crippen LogP contribution in [0.3, 0.4) is 0 Å². The monoisotopic (exact) mass is 278 g/mol. The lowest BCUT2D eigenvalue weighted by Gasteiger charge is -2.21. The van der Waals surface area contributed by atoms with Crippen LogP contribution >= 0.6 is 0 Å². The van der Waals surface area contributed by atoms with Gasteiger partial charge in [0.2, 0.25) is 0 Å². The highest BCUT2D eigenvalue weighted by Crippen LogP contribution is 2.21. The summed E-state index contributed by atoms with van der Waals surface area (Å²) in [4.78, 5) is 13.8. The molecule has 1 aromatic rings. The van der Waals surface area contributed by atoms with E-state index < -0.39 is 0 Å². The van der Waals surface area contributed by atoms with Crippen LogP contribution in [0, 0.1) is 6.92 Å². The first kappa shape index (κ1) is 14.7. The second-order valence-electron chi connectivity index (χ2n) is 5.13. The van der Waals surface area contributed by atoms with Crippen molar-refractivity contribution >= 4 is 11.7 Å². The van der Waals surface area contributed by atoms with Gasteiger partial charge in [0.25, 0.3) is 0 Å². The number of rotatable bonds is 4. The maximum Gasteiger partial charge on any atom is 0.321 e. The standard InChI is InChI=1S/C15H22N2O3/c1-11-9-12(6-7-14(11)19-3)16-15(18)17(2)10-13-5-4-8-20-13/h6-7,9,13H,4-5,8,10H2,1-3H3,(H,16,18)/t13-/m0/s1. The molecule has 1 fully saturated rings. The average Bonchev–Trinajstić information content (AvgIpc) is 2.91. The predicted molar refractivity (Wildman–Crippen MR) is 78.4 cm³/mol. The van der Waals surface area contributed by atoms with Crippen molar-refractivity contribution in [3.05, 3.63) is 23.8 Å². The highest BCUT2D eigenvalue weighted by atomic mass is 16.5. The lowest BCUT2D eigenvalue weighted by molar-refractivity contribution is 0.0894. The molecule has 5 nitrogen and oxygen atoms in total. The van der Waals surface area contributed by atoms with E-state index >= 15 is 0 Å². The number of ether oxygens (including phenoxy) is 2. The topological polar surface area (TPSA) is 50.8 Å². The van der Waals surface area contributed by atoms with E-state index in [1.807, 2.05) is 25.1 Å². The lowest BCUT2D eigenvalue weighted by atomic mass is 10.2. The second-order valence-corrected chi connectivity index (χ2v) is 5.13. The van der Waals surface area contributed by atoms with Gasteiger partial charge in [0.1, 0.15) is 5.75 Å². The number of nitrogens with one attached hydrogen (secondary N) is 1. The summed E-state index contributed by atoms with van der Waals surface area (Å²) >= 11 is 0. The molecule has 2 amide bonds. The molecule has 1 atom stereocenters. The van der Waals surface area contributed by atoms with Gasteiger partial charge in [-0.3, -0.25) is 0 Å². The van der Waals surface area contributed by atoms with E-state index in [-0.39, 0.29) is 12.1 Å². The van der Waals surface area contributed by atoms with Crippen LogP contribution in [0.4, 0.5) is 10.5 Å². The zero-order chi connectivity index (χ0) is 14.5. The van der Waals surface area contributed by atoms with Gasteiger partial charge in [0.05, 0.1) is 13.2 Å². The number of benzene rings is 1. The summed E-state index contributed by atoms with van der Waals surface area (Å²) in [6.07, 6.45) is 2.28. The van der Waals surface area contributed by atoms with E-state index in [0.717, 1.165) is 36.4 Å². The van der Waals surface area contributed by atoms with Crippen molar-refractivity contribution < 1.29 is 14.3 Å². The number of hydrogen-bond acceptors (Lipinski definition) is 3. The lowest BCUT2D eigenvalue weighted by Crippen LogP contribution is -2.37. The molecule has 1 N–H and O–H groups in total. The van der Waals surface area contributed by atoms with Crippen LogP contribution in [0.2, 0.25) is 0 Å². The Kier molecular flexibility index (Phi) is 4.84. The number of nitrogens with zero attached hydrogens (tertiary/aromatic N) is 1. The van der Waals surface area contributed by atoms with Gasteiger partial charge in [0, 0.05) is 25.9 Å². The van der Waals surface area contributed by atoms with Crippen molar-refractivity contribution in [1.82, 2.24) is 4.90 Å². The Bertz CT molecular complexity index is 470. The van der Waals surface area contributed by atoms with Gasteiger partial charge in [0.15, 0.2) is 0 Å². The first-order valence-electron chi connectivity index (χ1n) is 6.88. The van der Waals surface area contributed by atoms with Crippen molar-refractivity contribution in [3.63, 3.8) is 0 Å². The number of aryl methyl sites for hydroxylation is 1. The Morgan fingerprint density at radius 3 is 2.95 bits per heavy atom. The van der Waals surface area contributed by atoms with Crippen LogP contribution in [0.5, 0.6) is 5.75 Å². The zero-order valence-corrected chi connectivity index (χ0v) is 12.3. The van der Waals surface area contributed by atoms with Crippen molar-refractivity contribution in [2.75, 3.05) is 32.6 Å². The number of amides is 2. The minimum atomic E-state index is -0.120. The van der Waals surface area contributed by atoms with Gasteiger partial charge in [-0.1, -0.05) is 0 Å². The number of urea groups is 1. The van der Waals surface area contributed by atoms with Crippen molar-refractivity contribution in [2.45, 2.75) is 25.9 Å². The summed E-state index contributed by atoms with van der Waals surface area (Å²) in [5, 5.41) is 2.88. The Hall–Kier alpha value is -1.75. The highest BCUT2D eigenvalue weighted by molar-refractivity contribution is 5.89. The first-order chi connectivity index (χ1) is 9.60. The fraction of sp³-hybridized carbons (Fsp3) is 0.533. The Morgan fingerprint density at radius 1 is 1.55 bits per heavy atom. The average molecular weight is 278 g/mol. The number of anilines is 1. The summed E-state index contributed by atoms with van der Waals surface area (Å²) in [5.74, 6) is 0.815. The van der Waals surface area contributed by atoms with Gasteiger partial charge >= 0.3 is 6.03 Å². The summed E-state index contributed by atoms with van der Waals surface area (Å²) in [7, 11) is 3.42. The van der Waals surface area contributed by atoms with Crippen LogP contribution in [0.25, 0.3) is 0 Å². The van der Waals surface area contributed by atoms with Gasteiger partial charge in [-0.2, -0.15) is 0 Å². The molecule has 5 heteroatoms. The van der Waals surface area contributed by atoms with E-state index in [0.29, 0.717) is 6.54 Å². The molecular formula is C15H22N2O3. The molecule has 1 saturated heterocycles. The summed E-state index contributed by atoms with van der Waals surface area (Å²) in [5.41, 5.74) is 1.76. The van der Waals surface area contributed by atoms with E-state index in [2.05, 4.69) is 5.32 Å². The third kappa shape index (κ3) is 3.63. The Balaban J connectivity index is 1.91. The molecule has 2 rings (SSSR count). The minimum Gasteiger partial charge on any atom is -0.496 e. The molecule has 0 bridgehead atoms. The molecule has 0 saturated carbocycles. The quantitative estimate of drug-likeness (QED) is 0.921. The number of hydrogen-bond donors (Lipinski definition) is 1. The fourth-order valence-electron chi connectivity index (χ4n) is 2.35. The van der Waals surface area contributed by atoms with E-state index in [1.54, 1.807) is 19.1 Å². The fourth-order valence-corrected chi connectivity index (χ4v) is 2.35. The molecule has 1 aliphatic heterocycles. The molecule has 20 heavy (non-hydrogen) atoms. The number of methoxy groups -OCH3 is 1. The highest BCUT2D eigenvalue weighted by Gasteiger charge is 2.20. The minimum absolute atomic E-state index is 0.120. The molecule has 110 valence electrons. The predicted octanol–water partition coefficient (Wildman–Crippen LogP) is 2.65.